The summed E-state index contributed by atoms with van der Waals surface area (Å²) in [6.07, 6.45) is 1.62. The van der Waals surface area contributed by atoms with E-state index in [1.165, 1.54) is 0 Å². The molecule has 0 aromatic heterocycles. The van der Waals surface area contributed by atoms with Gasteiger partial charge in [-0.1, -0.05) is 25.5 Å². The standard InChI is InChI=1S/C16H23N3O2S/c1-4-5-10-17-16(22)19-11-14(15(20)18(2)3)21-13-9-7-6-8-12(13)19/h6-9,14H,4-5,10-11H2,1-3H3,(H,17,22). The summed E-state index contributed by atoms with van der Waals surface area (Å²) < 4.78 is 5.84. The minimum Gasteiger partial charge on any atom is -0.476 e. The van der Waals surface area contributed by atoms with E-state index < -0.39 is 6.10 Å². The van der Waals surface area contributed by atoms with Gasteiger partial charge in [-0.2, -0.15) is 0 Å². The second-order valence-corrected chi connectivity index (χ2v) is 5.89. The molecule has 0 radical (unpaired) electrons. The van der Waals surface area contributed by atoms with Gasteiger partial charge in [-0.3, -0.25) is 4.79 Å². The van der Waals surface area contributed by atoms with Crippen LogP contribution >= 0.6 is 12.2 Å². The molecular weight excluding hydrogens is 298 g/mol. The molecule has 1 amide bonds. The predicted molar refractivity (Wildman–Crippen MR) is 92.4 cm³/mol. The van der Waals surface area contributed by atoms with E-state index in [4.69, 9.17) is 17.0 Å². The molecule has 2 rings (SSSR count). The van der Waals surface area contributed by atoms with Crippen LogP contribution in [0, 0.1) is 0 Å². The molecule has 120 valence electrons. The quantitative estimate of drug-likeness (QED) is 0.679. The van der Waals surface area contributed by atoms with Crippen molar-refractivity contribution in [1.29, 1.82) is 0 Å². The number of carbonyl (C=O) groups is 1. The summed E-state index contributed by atoms with van der Waals surface area (Å²) in [4.78, 5) is 15.7. The maximum absolute atomic E-state index is 12.2. The number of likely N-dealkylation sites (N-methyl/N-ethyl adjacent to an activating group) is 1. The third-order valence-electron chi connectivity index (χ3n) is 3.54. The van der Waals surface area contributed by atoms with Gasteiger partial charge in [0.2, 0.25) is 0 Å². The van der Waals surface area contributed by atoms with Crippen LogP contribution < -0.4 is 15.0 Å². The minimum atomic E-state index is -0.546. The lowest BCUT2D eigenvalue weighted by Crippen LogP contribution is -2.52. The molecule has 1 aromatic rings. The number of nitrogens with one attached hydrogen (secondary N) is 1. The topological polar surface area (TPSA) is 44.8 Å². The molecule has 1 aromatic carbocycles. The van der Waals surface area contributed by atoms with Crippen molar-refractivity contribution in [3.8, 4) is 5.75 Å². The zero-order valence-electron chi connectivity index (χ0n) is 13.3. The number of unbranched alkanes of at least 4 members (excludes halogenated alkanes) is 1. The maximum atomic E-state index is 12.2. The summed E-state index contributed by atoms with van der Waals surface area (Å²) in [6, 6.07) is 7.66. The Bertz CT molecular complexity index is 548. The average Bonchev–Trinajstić information content (AvgIpc) is 2.53. The summed E-state index contributed by atoms with van der Waals surface area (Å²) in [7, 11) is 3.46. The van der Waals surface area contributed by atoms with Crippen molar-refractivity contribution in [2.45, 2.75) is 25.9 Å². The summed E-state index contributed by atoms with van der Waals surface area (Å²) in [5.74, 6) is 0.629. The first-order chi connectivity index (χ1) is 10.5. The van der Waals surface area contributed by atoms with Gasteiger partial charge in [-0.15, -0.1) is 0 Å². The summed E-state index contributed by atoms with van der Waals surface area (Å²) in [6.45, 7) is 3.40. The first-order valence-corrected chi connectivity index (χ1v) is 7.97. The molecule has 5 nitrogen and oxygen atoms in total. The molecule has 1 N–H and O–H groups in total. The Balaban J connectivity index is 2.20. The number of hydrogen-bond acceptors (Lipinski definition) is 3. The number of fused-ring (bicyclic) bond motifs is 1. The van der Waals surface area contributed by atoms with E-state index in [-0.39, 0.29) is 5.91 Å². The molecule has 1 atom stereocenters. The van der Waals surface area contributed by atoms with Crippen LogP contribution in [0.3, 0.4) is 0 Å². The van der Waals surface area contributed by atoms with E-state index in [0.29, 0.717) is 17.4 Å². The van der Waals surface area contributed by atoms with E-state index in [2.05, 4.69) is 12.2 Å². The van der Waals surface area contributed by atoms with Crippen molar-refractivity contribution in [2.75, 3.05) is 32.1 Å². The van der Waals surface area contributed by atoms with Gasteiger partial charge in [0, 0.05) is 20.6 Å². The second kappa shape index (κ2) is 7.45. The Morgan fingerprint density at radius 2 is 2.18 bits per heavy atom. The van der Waals surface area contributed by atoms with E-state index >= 15 is 0 Å². The maximum Gasteiger partial charge on any atom is 0.265 e. The largest absolute Gasteiger partial charge is 0.476 e. The van der Waals surface area contributed by atoms with Gasteiger partial charge in [0.25, 0.3) is 5.91 Å². The Labute approximate surface area is 137 Å². The van der Waals surface area contributed by atoms with Crippen LogP contribution in [0.25, 0.3) is 0 Å². The van der Waals surface area contributed by atoms with E-state index in [0.717, 1.165) is 25.1 Å². The molecule has 0 saturated heterocycles. The molecule has 1 aliphatic heterocycles. The van der Waals surface area contributed by atoms with Crippen molar-refractivity contribution in [2.24, 2.45) is 0 Å². The first kappa shape index (κ1) is 16.5. The van der Waals surface area contributed by atoms with Crippen LogP contribution in [0.4, 0.5) is 5.69 Å². The van der Waals surface area contributed by atoms with Gasteiger partial charge in [0.05, 0.1) is 12.2 Å². The smallest absolute Gasteiger partial charge is 0.265 e. The van der Waals surface area contributed by atoms with Gasteiger partial charge in [0.1, 0.15) is 5.75 Å². The molecule has 0 fully saturated rings. The van der Waals surface area contributed by atoms with Gasteiger partial charge >= 0.3 is 0 Å². The fourth-order valence-electron chi connectivity index (χ4n) is 2.31. The number of para-hydroxylation sites is 2. The predicted octanol–water partition coefficient (Wildman–Crippen LogP) is 2.02. The van der Waals surface area contributed by atoms with Crippen LogP contribution in [0.1, 0.15) is 19.8 Å². The molecule has 22 heavy (non-hydrogen) atoms. The monoisotopic (exact) mass is 321 g/mol. The van der Waals surface area contributed by atoms with Gasteiger partial charge in [0.15, 0.2) is 11.2 Å². The highest BCUT2D eigenvalue weighted by atomic mass is 32.1. The lowest BCUT2D eigenvalue weighted by molar-refractivity contribution is -0.135. The first-order valence-electron chi connectivity index (χ1n) is 7.56. The normalized spacial score (nSPS) is 16.5. The Morgan fingerprint density at radius 1 is 1.45 bits per heavy atom. The molecule has 6 heteroatoms. The second-order valence-electron chi connectivity index (χ2n) is 5.50. The lowest BCUT2D eigenvalue weighted by atomic mass is 10.2. The third kappa shape index (κ3) is 3.68. The zero-order valence-corrected chi connectivity index (χ0v) is 14.2. The molecule has 1 aliphatic rings. The summed E-state index contributed by atoms with van der Waals surface area (Å²) >= 11 is 5.50. The van der Waals surface area contributed by atoms with Crippen molar-refractivity contribution in [3.63, 3.8) is 0 Å². The van der Waals surface area contributed by atoms with Gasteiger partial charge in [-0.05, 0) is 30.8 Å². The van der Waals surface area contributed by atoms with E-state index in [9.17, 15) is 4.79 Å². The minimum absolute atomic E-state index is 0.0594. The number of hydrogen-bond donors (Lipinski definition) is 1. The molecular formula is C16H23N3O2S. The van der Waals surface area contributed by atoms with Gasteiger partial charge < -0.3 is 19.9 Å². The lowest BCUT2D eigenvalue weighted by Gasteiger charge is -2.36. The fraction of sp³-hybridized carbons (Fsp3) is 0.500. The molecule has 0 bridgehead atoms. The fourth-order valence-corrected chi connectivity index (χ4v) is 2.59. The number of rotatable bonds is 4. The van der Waals surface area contributed by atoms with Crippen molar-refractivity contribution in [1.82, 2.24) is 10.2 Å². The van der Waals surface area contributed by atoms with Crippen molar-refractivity contribution < 1.29 is 9.53 Å². The Morgan fingerprint density at radius 3 is 2.86 bits per heavy atom. The molecule has 0 saturated carbocycles. The third-order valence-corrected chi connectivity index (χ3v) is 3.91. The van der Waals surface area contributed by atoms with Crippen LogP contribution in [0.15, 0.2) is 24.3 Å². The highest BCUT2D eigenvalue weighted by molar-refractivity contribution is 7.80. The Hall–Kier alpha value is -1.82. The number of carbonyl (C=O) groups excluding carboxylic acids is 1. The molecule has 1 unspecified atom stereocenters. The van der Waals surface area contributed by atoms with E-state index in [1.807, 2.05) is 29.2 Å². The number of ether oxygens (including phenoxy) is 1. The van der Waals surface area contributed by atoms with Crippen LogP contribution in [0.2, 0.25) is 0 Å². The average molecular weight is 321 g/mol. The van der Waals surface area contributed by atoms with Crippen LogP contribution in [-0.4, -0.2) is 49.2 Å². The number of thiocarbonyl (C=S) groups is 1. The number of amides is 1. The number of benzene rings is 1. The Kier molecular flexibility index (Phi) is 5.60. The summed E-state index contributed by atoms with van der Waals surface area (Å²) in [5, 5.41) is 3.90. The van der Waals surface area contributed by atoms with Crippen LogP contribution in [-0.2, 0) is 4.79 Å². The van der Waals surface area contributed by atoms with Crippen molar-refractivity contribution >= 4 is 28.9 Å². The molecule has 1 heterocycles. The van der Waals surface area contributed by atoms with E-state index in [1.54, 1.807) is 19.0 Å². The molecule has 0 aliphatic carbocycles. The number of anilines is 1. The SMILES string of the molecule is CCCCNC(=S)N1CC(C(=O)N(C)C)Oc2ccccc21. The zero-order chi connectivity index (χ0) is 16.1. The molecule has 0 spiro atoms. The summed E-state index contributed by atoms with van der Waals surface area (Å²) in [5.41, 5.74) is 0.902. The number of nitrogens with zero attached hydrogens (tertiary/aromatic N) is 2. The van der Waals surface area contributed by atoms with Gasteiger partial charge in [-0.25, -0.2) is 0 Å². The van der Waals surface area contributed by atoms with Crippen molar-refractivity contribution in [3.05, 3.63) is 24.3 Å². The van der Waals surface area contributed by atoms with Crippen LogP contribution in [0.5, 0.6) is 5.75 Å². The highest BCUT2D eigenvalue weighted by Crippen LogP contribution is 2.33. The highest BCUT2D eigenvalue weighted by Gasteiger charge is 2.33.